The van der Waals surface area contributed by atoms with E-state index in [1.165, 1.54) is 6.07 Å². The van der Waals surface area contributed by atoms with Crippen molar-refractivity contribution in [2.45, 2.75) is 58.2 Å². The van der Waals surface area contributed by atoms with Crippen LogP contribution in [0.4, 0.5) is 4.39 Å². The predicted molar refractivity (Wildman–Crippen MR) is 75.8 cm³/mol. The fourth-order valence-corrected chi connectivity index (χ4v) is 2.88. The van der Waals surface area contributed by atoms with E-state index < -0.39 is 18.3 Å². The van der Waals surface area contributed by atoms with E-state index in [0.717, 1.165) is 12.0 Å². The van der Waals surface area contributed by atoms with Gasteiger partial charge in [-0.1, -0.05) is 0 Å². The molecule has 20 heavy (non-hydrogen) atoms. The molecular weight excluding hydrogens is 258 g/mol. The first-order valence-corrected chi connectivity index (χ1v) is 7.12. The minimum Gasteiger partial charge on any atom is -0.508 e. The van der Waals surface area contributed by atoms with Crippen LogP contribution >= 0.6 is 0 Å². The van der Waals surface area contributed by atoms with Crippen molar-refractivity contribution >= 4 is 12.6 Å². The quantitative estimate of drug-likeness (QED) is 0.801. The molecule has 0 radical (unpaired) electrons. The Hall–Kier alpha value is -1.07. The van der Waals surface area contributed by atoms with Gasteiger partial charge in [0.25, 0.3) is 0 Å². The van der Waals surface area contributed by atoms with E-state index in [1.807, 2.05) is 27.7 Å². The third kappa shape index (κ3) is 1.87. The van der Waals surface area contributed by atoms with Crippen molar-refractivity contribution in [1.82, 2.24) is 0 Å². The number of hydrogen-bond donors (Lipinski definition) is 1. The van der Waals surface area contributed by atoms with Crippen LogP contribution in [0.15, 0.2) is 6.07 Å². The Kier molecular flexibility index (Phi) is 2.93. The molecule has 0 saturated carbocycles. The van der Waals surface area contributed by atoms with Gasteiger partial charge in [0.2, 0.25) is 0 Å². The molecule has 0 unspecified atom stereocenters. The highest BCUT2D eigenvalue weighted by Crippen LogP contribution is 2.38. The van der Waals surface area contributed by atoms with Crippen LogP contribution in [0.2, 0.25) is 0 Å². The molecule has 1 aromatic carbocycles. The van der Waals surface area contributed by atoms with Crippen LogP contribution in [-0.4, -0.2) is 23.4 Å². The molecule has 108 valence electrons. The largest absolute Gasteiger partial charge is 0.508 e. The van der Waals surface area contributed by atoms with Crippen molar-refractivity contribution in [2.24, 2.45) is 0 Å². The van der Waals surface area contributed by atoms with E-state index in [2.05, 4.69) is 0 Å². The monoisotopic (exact) mass is 278 g/mol. The van der Waals surface area contributed by atoms with Gasteiger partial charge in [-0.15, -0.1) is 0 Å². The number of phenolic OH excluding ortho intramolecular Hbond substituents is 1. The molecule has 1 aliphatic heterocycles. The molecule has 1 aromatic rings. The van der Waals surface area contributed by atoms with E-state index in [0.29, 0.717) is 23.9 Å². The molecule has 1 N–H and O–H groups in total. The van der Waals surface area contributed by atoms with Crippen LogP contribution in [0.25, 0.3) is 0 Å². The highest BCUT2D eigenvalue weighted by atomic mass is 19.1. The third-order valence-corrected chi connectivity index (χ3v) is 4.85. The first kappa shape index (κ1) is 13.9. The summed E-state index contributed by atoms with van der Waals surface area (Å²) in [6, 6.07) is 1.36. The smallest absolute Gasteiger partial charge is 0.498 e. The molecule has 2 aliphatic rings. The van der Waals surface area contributed by atoms with Crippen molar-refractivity contribution in [1.29, 1.82) is 0 Å². The SMILES string of the molecule is CC1(C)OB(c2cc(F)c3c(c2O)CCC3)OC1(C)C. The van der Waals surface area contributed by atoms with Crippen molar-refractivity contribution in [3.05, 3.63) is 23.0 Å². The molecule has 0 amide bonds. The summed E-state index contributed by atoms with van der Waals surface area (Å²) in [5.41, 5.74) is 0.762. The number of fused-ring (bicyclic) bond motifs is 1. The fraction of sp³-hybridized carbons (Fsp3) is 0.600. The van der Waals surface area contributed by atoms with Crippen molar-refractivity contribution in [3.8, 4) is 5.75 Å². The lowest BCUT2D eigenvalue weighted by molar-refractivity contribution is 0.00578. The maximum absolute atomic E-state index is 14.1. The van der Waals surface area contributed by atoms with Gasteiger partial charge in [-0.05, 0) is 64.2 Å². The van der Waals surface area contributed by atoms with Gasteiger partial charge in [-0.25, -0.2) is 4.39 Å². The summed E-state index contributed by atoms with van der Waals surface area (Å²) in [7, 11) is -0.722. The number of rotatable bonds is 1. The first-order valence-electron chi connectivity index (χ1n) is 7.12. The Morgan fingerprint density at radius 3 is 2.25 bits per heavy atom. The minimum atomic E-state index is -0.722. The Labute approximate surface area is 119 Å². The van der Waals surface area contributed by atoms with Crippen LogP contribution in [0.5, 0.6) is 5.75 Å². The van der Waals surface area contributed by atoms with Crippen LogP contribution in [0, 0.1) is 5.82 Å². The van der Waals surface area contributed by atoms with Crippen LogP contribution in [0.3, 0.4) is 0 Å². The fourth-order valence-electron chi connectivity index (χ4n) is 2.88. The van der Waals surface area contributed by atoms with Crippen molar-refractivity contribution in [3.63, 3.8) is 0 Å². The van der Waals surface area contributed by atoms with Crippen molar-refractivity contribution < 1.29 is 18.8 Å². The molecule has 0 aromatic heterocycles. The Morgan fingerprint density at radius 2 is 1.65 bits per heavy atom. The molecule has 0 atom stereocenters. The van der Waals surface area contributed by atoms with Crippen molar-refractivity contribution in [2.75, 3.05) is 0 Å². The zero-order valence-electron chi connectivity index (χ0n) is 12.4. The van der Waals surface area contributed by atoms with Gasteiger partial charge in [-0.3, -0.25) is 0 Å². The lowest BCUT2D eigenvalue weighted by atomic mass is 9.76. The second kappa shape index (κ2) is 4.21. The van der Waals surface area contributed by atoms with Gasteiger partial charge in [0, 0.05) is 5.46 Å². The molecule has 3 nitrogen and oxygen atoms in total. The second-order valence-corrected chi connectivity index (χ2v) is 6.70. The van der Waals surface area contributed by atoms with Gasteiger partial charge in [-0.2, -0.15) is 0 Å². The Morgan fingerprint density at radius 1 is 1.10 bits per heavy atom. The summed E-state index contributed by atoms with van der Waals surface area (Å²) < 4.78 is 25.9. The average molecular weight is 278 g/mol. The number of benzene rings is 1. The third-order valence-electron chi connectivity index (χ3n) is 4.85. The van der Waals surface area contributed by atoms with Gasteiger partial charge < -0.3 is 14.4 Å². The molecule has 5 heteroatoms. The summed E-state index contributed by atoms with van der Waals surface area (Å²) in [5.74, 6) is -0.127. The maximum atomic E-state index is 14.1. The van der Waals surface area contributed by atoms with E-state index in [1.54, 1.807) is 0 Å². The van der Waals surface area contributed by atoms with Gasteiger partial charge in [0.05, 0.1) is 11.2 Å². The van der Waals surface area contributed by atoms with Crippen LogP contribution < -0.4 is 5.46 Å². The van der Waals surface area contributed by atoms with Gasteiger partial charge >= 0.3 is 7.12 Å². The Balaban J connectivity index is 2.03. The molecular formula is C15H20BFO3. The Bertz CT molecular complexity index is 553. The standard InChI is InChI=1S/C15H20BFO3/c1-14(2)15(3,4)20-16(19-14)11-8-12(17)9-6-5-7-10(9)13(11)18/h8,18H,5-7H2,1-4H3. The topological polar surface area (TPSA) is 38.7 Å². The summed E-state index contributed by atoms with van der Waals surface area (Å²) in [6.45, 7) is 7.75. The second-order valence-electron chi connectivity index (χ2n) is 6.70. The number of phenols is 1. The van der Waals surface area contributed by atoms with Crippen LogP contribution in [-0.2, 0) is 22.2 Å². The summed E-state index contributed by atoms with van der Waals surface area (Å²) in [5, 5.41) is 10.4. The normalized spacial score (nSPS) is 23.1. The predicted octanol–water partition coefficient (Wildman–Crippen LogP) is 2.32. The highest BCUT2D eigenvalue weighted by Gasteiger charge is 2.52. The first-order chi connectivity index (χ1) is 9.23. The average Bonchev–Trinajstić information content (AvgIpc) is 2.88. The lowest BCUT2D eigenvalue weighted by Gasteiger charge is -2.32. The molecule has 1 heterocycles. The van der Waals surface area contributed by atoms with E-state index in [-0.39, 0.29) is 11.6 Å². The number of hydrogen-bond acceptors (Lipinski definition) is 3. The summed E-state index contributed by atoms with van der Waals surface area (Å²) >= 11 is 0. The van der Waals surface area contributed by atoms with Crippen LogP contribution in [0.1, 0.15) is 45.2 Å². The molecule has 0 spiro atoms. The maximum Gasteiger partial charge on any atom is 0.498 e. The number of aromatic hydroxyl groups is 1. The molecule has 1 fully saturated rings. The molecule has 1 aliphatic carbocycles. The summed E-state index contributed by atoms with van der Waals surface area (Å²) in [6.07, 6.45) is 2.29. The lowest BCUT2D eigenvalue weighted by Crippen LogP contribution is -2.41. The minimum absolute atomic E-state index is 0.136. The molecule has 0 bridgehead atoms. The van der Waals surface area contributed by atoms with E-state index in [4.69, 9.17) is 9.31 Å². The zero-order valence-corrected chi connectivity index (χ0v) is 12.4. The molecule has 1 saturated heterocycles. The molecule has 3 rings (SSSR count). The summed E-state index contributed by atoms with van der Waals surface area (Å²) in [4.78, 5) is 0. The van der Waals surface area contributed by atoms with E-state index in [9.17, 15) is 9.50 Å². The van der Waals surface area contributed by atoms with Gasteiger partial charge in [0.15, 0.2) is 0 Å². The zero-order chi connectivity index (χ0) is 14.7. The van der Waals surface area contributed by atoms with Gasteiger partial charge in [0.1, 0.15) is 11.6 Å². The van der Waals surface area contributed by atoms with E-state index >= 15 is 0 Å². The number of halogens is 1. The highest BCUT2D eigenvalue weighted by molar-refractivity contribution is 6.63.